The van der Waals surface area contributed by atoms with Crippen molar-refractivity contribution in [3.63, 3.8) is 0 Å². The molecule has 0 aliphatic carbocycles. The third-order valence-electron chi connectivity index (χ3n) is 10.1. The van der Waals surface area contributed by atoms with Crippen LogP contribution >= 0.6 is 0 Å². The van der Waals surface area contributed by atoms with Crippen molar-refractivity contribution in [3.8, 4) is 0 Å². The van der Waals surface area contributed by atoms with Crippen molar-refractivity contribution in [2.45, 2.75) is 88.3 Å². The Bertz CT molecular complexity index is 1840. The van der Waals surface area contributed by atoms with Gasteiger partial charge in [0.05, 0.1) is 46.2 Å². The topological polar surface area (TPSA) is 103 Å². The summed E-state index contributed by atoms with van der Waals surface area (Å²) in [5.41, 5.74) is 5.02. The maximum atomic E-state index is 11.3. The van der Waals surface area contributed by atoms with Crippen molar-refractivity contribution in [1.82, 2.24) is 0 Å². The van der Waals surface area contributed by atoms with Gasteiger partial charge in [-0.05, 0) is 27.8 Å². The molecule has 0 amide bonds. The molecule has 2 fully saturated rings. The molecule has 300 valence electrons. The molecule has 2 aliphatic heterocycles. The number of rotatable bonds is 20. The van der Waals surface area contributed by atoms with Crippen LogP contribution in [0.3, 0.4) is 0 Å². The summed E-state index contributed by atoms with van der Waals surface area (Å²) in [5.74, 6) is 0. The van der Waals surface area contributed by atoms with Gasteiger partial charge in [0.15, 0.2) is 12.6 Å². The maximum Gasteiger partial charge on any atom is 0.187 e. The van der Waals surface area contributed by atoms with Crippen LogP contribution in [0.5, 0.6) is 0 Å². The monoisotopic (exact) mass is 776 g/mol. The third kappa shape index (κ3) is 11.6. The zero-order valence-electron chi connectivity index (χ0n) is 32.2. The third-order valence-corrected chi connectivity index (χ3v) is 10.1. The Labute approximate surface area is 335 Å². The minimum Gasteiger partial charge on any atom is -0.374 e. The number of hydrogen-bond donors (Lipinski definition) is 1. The van der Waals surface area contributed by atoms with Gasteiger partial charge in [0.1, 0.15) is 42.7 Å². The highest BCUT2D eigenvalue weighted by Crippen LogP contribution is 2.33. The first-order chi connectivity index (χ1) is 28.1. The Morgan fingerprint density at radius 1 is 0.404 bits per heavy atom. The Kier molecular flexibility index (Phi) is 15.4. The summed E-state index contributed by atoms with van der Waals surface area (Å²) < 4.78 is 57.9. The molecule has 0 radical (unpaired) electrons. The second kappa shape index (κ2) is 21.5. The summed E-state index contributed by atoms with van der Waals surface area (Å²) in [4.78, 5) is 0. The van der Waals surface area contributed by atoms with Crippen molar-refractivity contribution >= 4 is 0 Å². The Morgan fingerprint density at radius 2 is 0.772 bits per heavy atom. The molecule has 1 N–H and O–H groups in total. The second-order valence-corrected chi connectivity index (χ2v) is 14.2. The molecule has 2 saturated heterocycles. The summed E-state index contributed by atoms with van der Waals surface area (Å²) >= 11 is 0. The fourth-order valence-corrected chi connectivity index (χ4v) is 7.13. The molecule has 0 saturated carbocycles. The van der Waals surface area contributed by atoms with Crippen LogP contribution in [0.4, 0.5) is 0 Å². The molecule has 2 heterocycles. The van der Waals surface area contributed by atoms with Gasteiger partial charge in [-0.15, -0.1) is 0 Å². The largest absolute Gasteiger partial charge is 0.374 e. The van der Waals surface area contributed by atoms with Crippen molar-refractivity contribution in [3.05, 3.63) is 179 Å². The highest BCUT2D eigenvalue weighted by molar-refractivity contribution is 5.17. The van der Waals surface area contributed by atoms with Gasteiger partial charge in [0.2, 0.25) is 0 Å². The molecule has 0 bridgehead atoms. The van der Waals surface area contributed by atoms with Gasteiger partial charge in [-0.2, -0.15) is 0 Å². The number of aliphatic hydroxyl groups excluding tert-OH is 1. The van der Waals surface area contributed by atoms with E-state index in [1.54, 1.807) is 0 Å². The lowest BCUT2D eigenvalue weighted by Gasteiger charge is -2.44. The number of ether oxygens (including phenoxy) is 9. The van der Waals surface area contributed by atoms with Crippen LogP contribution in [0, 0.1) is 0 Å². The molecule has 0 unspecified atom stereocenters. The fourth-order valence-electron chi connectivity index (χ4n) is 7.13. The molecule has 10 heteroatoms. The number of hydrogen-bond acceptors (Lipinski definition) is 10. The van der Waals surface area contributed by atoms with E-state index >= 15 is 0 Å². The maximum absolute atomic E-state index is 11.3. The number of methoxy groups -OCH3 is 1. The summed E-state index contributed by atoms with van der Waals surface area (Å²) in [7, 11) is 1.53. The average Bonchev–Trinajstić information content (AvgIpc) is 3.60. The van der Waals surface area contributed by atoms with Crippen LogP contribution in [0.15, 0.2) is 152 Å². The molecule has 2 aliphatic rings. The van der Waals surface area contributed by atoms with Crippen molar-refractivity contribution in [2.75, 3.05) is 20.3 Å². The Hall–Kier alpha value is -4.30. The van der Waals surface area contributed by atoms with Crippen LogP contribution in [-0.2, 0) is 75.7 Å². The Morgan fingerprint density at radius 3 is 1.21 bits per heavy atom. The van der Waals surface area contributed by atoms with Gasteiger partial charge in [-0.3, -0.25) is 0 Å². The molecule has 5 aromatic rings. The molecule has 0 spiro atoms. The summed E-state index contributed by atoms with van der Waals surface area (Å²) in [5, 5.41) is 11.3. The van der Waals surface area contributed by atoms with E-state index in [0.29, 0.717) is 19.8 Å². The lowest BCUT2D eigenvalue weighted by molar-refractivity contribution is -0.318. The highest BCUT2D eigenvalue weighted by Gasteiger charge is 2.51. The molecular weight excluding hydrogens is 725 g/mol. The van der Waals surface area contributed by atoms with E-state index in [1.165, 1.54) is 7.11 Å². The predicted molar refractivity (Wildman–Crippen MR) is 212 cm³/mol. The van der Waals surface area contributed by atoms with Gasteiger partial charge in [-0.25, -0.2) is 0 Å². The standard InChI is InChI=1S/C47H52O10/c1-49-44-43(53-30-37-23-13-5-14-24-37)41(51-28-35-19-9-3-10-20-35)40(56-46(44)48)33-55-47-45(54-31-38-25-15-6-16-26-38)42(52-29-36-21-11-4-12-22-36)39(57-47)32-50-27-34-17-7-2-8-18-34/h2-26,39-48H,27-33H2,1H3/t39-,40-,41-,42-,43+,44-,45-,46+,47-/m1/s1. The van der Waals surface area contributed by atoms with Gasteiger partial charge in [0.25, 0.3) is 0 Å². The normalized spacial score (nSPS) is 26.0. The van der Waals surface area contributed by atoms with Crippen LogP contribution < -0.4 is 0 Å². The molecule has 5 aromatic carbocycles. The van der Waals surface area contributed by atoms with Crippen LogP contribution in [-0.4, -0.2) is 80.7 Å². The van der Waals surface area contributed by atoms with Gasteiger partial charge in [0, 0.05) is 7.11 Å². The van der Waals surface area contributed by atoms with Crippen LogP contribution in [0.25, 0.3) is 0 Å². The van der Waals surface area contributed by atoms with Gasteiger partial charge < -0.3 is 47.7 Å². The van der Waals surface area contributed by atoms with Crippen LogP contribution in [0.1, 0.15) is 27.8 Å². The summed E-state index contributed by atoms with van der Waals surface area (Å²) in [6, 6.07) is 49.7. The first-order valence-corrected chi connectivity index (χ1v) is 19.5. The minimum absolute atomic E-state index is 0.0169. The molecule has 0 aromatic heterocycles. The SMILES string of the molecule is CO[C@@H]1[C@@H](OCc2ccccc2)[C@H](OCc2ccccc2)[C@@H](CO[C@@H]2O[C@H](COCc3ccccc3)[C@@H](OCc3ccccc3)[C@H]2OCc2ccccc2)O[C@@H]1O. The zero-order valence-corrected chi connectivity index (χ0v) is 32.2. The van der Waals surface area contributed by atoms with Gasteiger partial charge >= 0.3 is 0 Å². The Balaban J connectivity index is 1.12. The molecular formula is C47H52O10. The number of aliphatic hydroxyl groups is 1. The lowest BCUT2D eigenvalue weighted by Crippen LogP contribution is -2.61. The van der Waals surface area contributed by atoms with E-state index in [4.69, 9.17) is 42.6 Å². The fraction of sp³-hybridized carbons (Fsp3) is 0.362. The van der Waals surface area contributed by atoms with E-state index in [9.17, 15) is 5.11 Å². The van der Waals surface area contributed by atoms with Crippen molar-refractivity contribution in [2.24, 2.45) is 0 Å². The van der Waals surface area contributed by atoms with E-state index in [2.05, 4.69) is 0 Å². The summed E-state index contributed by atoms with van der Waals surface area (Å²) in [6.07, 6.45) is -6.88. The quantitative estimate of drug-likeness (QED) is 0.0888. The van der Waals surface area contributed by atoms with E-state index in [-0.39, 0.29) is 26.4 Å². The van der Waals surface area contributed by atoms with E-state index < -0.39 is 55.3 Å². The van der Waals surface area contributed by atoms with Gasteiger partial charge in [-0.1, -0.05) is 152 Å². The minimum atomic E-state index is -1.31. The zero-order chi connectivity index (χ0) is 39.1. The molecule has 10 nitrogen and oxygen atoms in total. The smallest absolute Gasteiger partial charge is 0.187 e. The van der Waals surface area contributed by atoms with Crippen molar-refractivity contribution < 1.29 is 47.7 Å². The van der Waals surface area contributed by atoms with Crippen molar-refractivity contribution in [1.29, 1.82) is 0 Å². The van der Waals surface area contributed by atoms with E-state index in [0.717, 1.165) is 27.8 Å². The first-order valence-electron chi connectivity index (χ1n) is 19.5. The predicted octanol–water partition coefficient (Wildman–Crippen LogP) is 7.02. The highest BCUT2D eigenvalue weighted by atomic mass is 16.7. The lowest BCUT2D eigenvalue weighted by atomic mass is 9.98. The molecule has 9 atom stereocenters. The summed E-state index contributed by atoms with van der Waals surface area (Å²) in [6.45, 7) is 1.85. The van der Waals surface area contributed by atoms with E-state index in [1.807, 2.05) is 152 Å². The molecule has 7 rings (SSSR count). The average molecular weight is 777 g/mol. The number of benzene rings is 5. The first kappa shape index (κ1) is 40.9. The molecule has 57 heavy (non-hydrogen) atoms. The second-order valence-electron chi connectivity index (χ2n) is 14.2. The van der Waals surface area contributed by atoms with Crippen LogP contribution in [0.2, 0.25) is 0 Å².